The van der Waals surface area contributed by atoms with Crippen LogP contribution in [0.3, 0.4) is 0 Å². The molecule has 0 spiro atoms. The van der Waals surface area contributed by atoms with Crippen LogP contribution in [0.4, 0.5) is 5.69 Å². The van der Waals surface area contributed by atoms with E-state index < -0.39 is 5.97 Å². The van der Waals surface area contributed by atoms with Gasteiger partial charge in [-0.25, -0.2) is 4.98 Å². The van der Waals surface area contributed by atoms with Gasteiger partial charge in [-0.15, -0.1) is 0 Å². The molecule has 180 valence electrons. The van der Waals surface area contributed by atoms with Gasteiger partial charge < -0.3 is 24.9 Å². The van der Waals surface area contributed by atoms with Crippen LogP contribution in [-0.4, -0.2) is 35.6 Å². The fourth-order valence-corrected chi connectivity index (χ4v) is 3.65. The molecule has 8 heteroatoms. The highest BCUT2D eigenvalue weighted by Crippen LogP contribution is 2.33. The van der Waals surface area contributed by atoms with Gasteiger partial charge in [-0.3, -0.25) is 9.59 Å². The van der Waals surface area contributed by atoms with E-state index in [2.05, 4.69) is 29.5 Å². The molecule has 3 rings (SSSR count). The highest BCUT2D eigenvalue weighted by Gasteiger charge is 2.21. The second-order valence-electron chi connectivity index (χ2n) is 8.51. The molecule has 0 aliphatic rings. The minimum absolute atomic E-state index is 0.00555. The van der Waals surface area contributed by atoms with Crippen LogP contribution in [0.1, 0.15) is 54.4 Å². The molecule has 0 saturated heterocycles. The maximum absolute atomic E-state index is 12.2. The van der Waals surface area contributed by atoms with Gasteiger partial charge >= 0.3 is 5.97 Å². The summed E-state index contributed by atoms with van der Waals surface area (Å²) in [5, 5.41) is 14.9. The van der Waals surface area contributed by atoms with E-state index in [1.807, 2.05) is 37.3 Å². The van der Waals surface area contributed by atoms with Gasteiger partial charge in [0.15, 0.2) is 5.76 Å². The van der Waals surface area contributed by atoms with Crippen LogP contribution >= 0.6 is 0 Å². The lowest BCUT2D eigenvalue weighted by Crippen LogP contribution is -2.25. The SMILES string of the molecule is COc1ccc(-c2cc(C(CC(C)C)Nc3ccc(C(=O)NCCC(=O)O)cc3)c(C)o2)nc1. The average Bonchev–Trinajstić information content (AvgIpc) is 3.20. The van der Waals surface area contributed by atoms with E-state index >= 15 is 0 Å². The smallest absolute Gasteiger partial charge is 0.305 e. The fourth-order valence-electron chi connectivity index (χ4n) is 3.65. The number of aromatic nitrogens is 1. The molecule has 2 aromatic heterocycles. The van der Waals surface area contributed by atoms with E-state index in [0.717, 1.165) is 29.1 Å². The number of benzene rings is 1. The van der Waals surface area contributed by atoms with Crippen molar-refractivity contribution in [1.29, 1.82) is 0 Å². The summed E-state index contributed by atoms with van der Waals surface area (Å²) in [5.41, 5.74) is 3.13. The van der Waals surface area contributed by atoms with E-state index in [4.69, 9.17) is 14.3 Å². The third kappa shape index (κ3) is 6.60. The fraction of sp³-hybridized carbons (Fsp3) is 0.346. The Morgan fingerprint density at radius 2 is 1.88 bits per heavy atom. The Balaban J connectivity index is 1.75. The lowest BCUT2D eigenvalue weighted by molar-refractivity contribution is -0.136. The zero-order valence-electron chi connectivity index (χ0n) is 19.9. The number of hydrogen-bond donors (Lipinski definition) is 3. The summed E-state index contributed by atoms with van der Waals surface area (Å²) in [6.07, 6.45) is 2.43. The molecule has 0 radical (unpaired) electrons. The molecule has 0 saturated carbocycles. The molecule has 0 fully saturated rings. The number of carbonyl (C=O) groups is 2. The molecule has 2 heterocycles. The number of rotatable bonds is 11. The van der Waals surface area contributed by atoms with Gasteiger partial charge in [-0.05, 0) is 61.7 Å². The lowest BCUT2D eigenvalue weighted by Gasteiger charge is -2.21. The number of nitrogens with zero attached hydrogens (tertiary/aromatic N) is 1. The van der Waals surface area contributed by atoms with Crippen LogP contribution in [0.15, 0.2) is 53.1 Å². The molecule has 3 aromatic rings. The van der Waals surface area contributed by atoms with Crippen molar-refractivity contribution in [1.82, 2.24) is 10.3 Å². The topological polar surface area (TPSA) is 114 Å². The number of aryl methyl sites for hydroxylation is 1. The summed E-state index contributed by atoms with van der Waals surface area (Å²) in [6, 6.07) is 12.9. The van der Waals surface area contributed by atoms with Crippen molar-refractivity contribution < 1.29 is 23.8 Å². The maximum Gasteiger partial charge on any atom is 0.305 e. The summed E-state index contributed by atoms with van der Waals surface area (Å²) in [6.45, 7) is 6.37. The van der Waals surface area contributed by atoms with Crippen LogP contribution in [-0.2, 0) is 4.79 Å². The molecule has 1 amide bonds. The Labute approximate surface area is 199 Å². The number of carboxylic acids is 1. The number of aliphatic carboxylic acids is 1. The molecule has 1 atom stereocenters. The molecular formula is C26H31N3O5. The monoisotopic (exact) mass is 465 g/mol. The van der Waals surface area contributed by atoms with Crippen molar-refractivity contribution >= 4 is 17.6 Å². The third-order valence-electron chi connectivity index (χ3n) is 5.38. The number of nitrogens with one attached hydrogen (secondary N) is 2. The number of methoxy groups -OCH3 is 1. The largest absolute Gasteiger partial charge is 0.495 e. The number of hydrogen-bond acceptors (Lipinski definition) is 6. The Kier molecular flexibility index (Phi) is 8.29. The van der Waals surface area contributed by atoms with E-state index in [9.17, 15) is 9.59 Å². The Morgan fingerprint density at radius 3 is 2.47 bits per heavy atom. The third-order valence-corrected chi connectivity index (χ3v) is 5.38. The van der Waals surface area contributed by atoms with Gasteiger partial charge in [0.25, 0.3) is 5.91 Å². The molecule has 3 N–H and O–H groups in total. The van der Waals surface area contributed by atoms with Gasteiger partial charge in [0.2, 0.25) is 0 Å². The predicted molar refractivity (Wildman–Crippen MR) is 130 cm³/mol. The van der Waals surface area contributed by atoms with Gasteiger partial charge in [0.1, 0.15) is 17.2 Å². The van der Waals surface area contributed by atoms with Gasteiger partial charge in [-0.1, -0.05) is 13.8 Å². The first kappa shape index (κ1) is 24.8. The number of anilines is 1. The van der Waals surface area contributed by atoms with Crippen molar-refractivity contribution in [3.8, 4) is 17.2 Å². The Bertz CT molecular complexity index is 1100. The number of pyridine rings is 1. The zero-order chi connectivity index (χ0) is 24.7. The van der Waals surface area contributed by atoms with Crippen LogP contribution < -0.4 is 15.4 Å². The van der Waals surface area contributed by atoms with Crippen LogP contribution in [0.25, 0.3) is 11.5 Å². The quantitative estimate of drug-likeness (QED) is 0.363. The van der Waals surface area contributed by atoms with E-state index in [0.29, 0.717) is 23.0 Å². The highest BCUT2D eigenvalue weighted by molar-refractivity contribution is 5.94. The summed E-state index contributed by atoms with van der Waals surface area (Å²) in [4.78, 5) is 27.2. The molecule has 34 heavy (non-hydrogen) atoms. The van der Waals surface area contributed by atoms with Crippen molar-refractivity contribution in [2.24, 2.45) is 5.92 Å². The first-order valence-electron chi connectivity index (χ1n) is 11.2. The molecule has 1 unspecified atom stereocenters. The minimum Gasteiger partial charge on any atom is -0.495 e. The van der Waals surface area contributed by atoms with E-state index in [-0.39, 0.29) is 24.9 Å². The number of carbonyl (C=O) groups excluding carboxylic acids is 1. The maximum atomic E-state index is 12.2. The normalized spacial score (nSPS) is 11.8. The predicted octanol–water partition coefficient (Wildman–Crippen LogP) is 5.06. The molecule has 0 aliphatic heterocycles. The Hall–Kier alpha value is -3.81. The lowest BCUT2D eigenvalue weighted by atomic mass is 9.96. The van der Waals surface area contributed by atoms with E-state index in [1.165, 1.54) is 0 Å². The Morgan fingerprint density at radius 1 is 1.15 bits per heavy atom. The molecular weight excluding hydrogens is 434 g/mol. The zero-order valence-corrected chi connectivity index (χ0v) is 19.9. The molecule has 0 bridgehead atoms. The van der Waals surface area contributed by atoms with Crippen molar-refractivity contribution in [3.05, 3.63) is 65.5 Å². The van der Waals surface area contributed by atoms with Gasteiger partial charge in [0, 0.05) is 23.4 Å². The van der Waals surface area contributed by atoms with Crippen LogP contribution in [0, 0.1) is 12.8 Å². The summed E-state index contributed by atoms with van der Waals surface area (Å²) in [7, 11) is 1.60. The summed E-state index contributed by atoms with van der Waals surface area (Å²) in [5.74, 6) is 1.39. The molecule has 1 aromatic carbocycles. The first-order chi connectivity index (χ1) is 16.3. The highest BCUT2D eigenvalue weighted by atomic mass is 16.5. The number of furan rings is 1. The first-order valence-corrected chi connectivity index (χ1v) is 11.2. The number of carboxylic acid groups (broad SMARTS) is 1. The van der Waals surface area contributed by atoms with Gasteiger partial charge in [-0.2, -0.15) is 0 Å². The second-order valence-corrected chi connectivity index (χ2v) is 8.51. The summed E-state index contributed by atoms with van der Waals surface area (Å²) >= 11 is 0. The standard InChI is InChI=1S/C26H31N3O5/c1-16(2)13-23(21-14-24(34-17(21)3)22-10-9-20(33-4)15-28-22)29-19-7-5-18(6-8-19)26(32)27-12-11-25(30)31/h5-10,14-16,23,29H,11-13H2,1-4H3,(H,27,32)(H,30,31). The van der Waals surface area contributed by atoms with E-state index in [1.54, 1.807) is 25.4 Å². The van der Waals surface area contributed by atoms with Gasteiger partial charge in [0.05, 0.1) is 25.8 Å². The van der Waals surface area contributed by atoms with Crippen LogP contribution in [0.5, 0.6) is 5.75 Å². The summed E-state index contributed by atoms with van der Waals surface area (Å²) < 4.78 is 11.2. The van der Waals surface area contributed by atoms with Crippen molar-refractivity contribution in [3.63, 3.8) is 0 Å². The minimum atomic E-state index is -0.948. The average molecular weight is 466 g/mol. The number of amides is 1. The second kappa shape index (κ2) is 11.4. The molecule has 0 aliphatic carbocycles. The van der Waals surface area contributed by atoms with Crippen molar-refractivity contribution in [2.75, 3.05) is 19.0 Å². The van der Waals surface area contributed by atoms with Crippen molar-refractivity contribution in [2.45, 2.75) is 39.7 Å². The molecule has 8 nitrogen and oxygen atoms in total. The number of ether oxygens (including phenoxy) is 1. The van der Waals surface area contributed by atoms with Crippen LogP contribution in [0.2, 0.25) is 0 Å².